The number of carbonyl (C=O) groups excluding carboxylic acids is 1. The predicted octanol–water partition coefficient (Wildman–Crippen LogP) is 3.94. The predicted molar refractivity (Wildman–Crippen MR) is 95.1 cm³/mol. The number of rotatable bonds is 4. The fourth-order valence-corrected chi connectivity index (χ4v) is 2.92. The maximum absolute atomic E-state index is 13.0. The van der Waals surface area contributed by atoms with Gasteiger partial charge in [0.25, 0.3) is 0 Å². The summed E-state index contributed by atoms with van der Waals surface area (Å²) in [6.45, 7) is 3.32. The van der Waals surface area contributed by atoms with E-state index in [1.165, 1.54) is 12.1 Å². The molecule has 0 aromatic heterocycles. The highest BCUT2D eigenvalue weighted by Gasteiger charge is 2.25. The van der Waals surface area contributed by atoms with Gasteiger partial charge in [0.1, 0.15) is 5.82 Å². The van der Waals surface area contributed by atoms with Gasteiger partial charge in [0.15, 0.2) is 0 Å². The van der Waals surface area contributed by atoms with Crippen molar-refractivity contribution in [3.63, 3.8) is 0 Å². The smallest absolute Gasteiger partial charge is 0.246 e. The zero-order valence-electron chi connectivity index (χ0n) is 13.7. The Labute approximate surface area is 141 Å². The van der Waals surface area contributed by atoms with E-state index in [4.69, 9.17) is 0 Å². The number of anilines is 1. The zero-order valence-corrected chi connectivity index (χ0v) is 13.7. The number of hydrogen-bond acceptors (Lipinski definition) is 2. The third-order valence-electron chi connectivity index (χ3n) is 4.28. The number of nitrogens with zero attached hydrogens (tertiary/aromatic N) is 1. The minimum absolute atomic E-state index is 0.00851. The van der Waals surface area contributed by atoms with Crippen LogP contribution in [0.25, 0.3) is 5.57 Å². The van der Waals surface area contributed by atoms with Crippen LogP contribution in [-0.4, -0.2) is 29.9 Å². The van der Waals surface area contributed by atoms with E-state index in [1.807, 2.05) is 42.2 Å². The van der Waals surface area contributed by atoms with E-state index < -0.39 is 0 Å². The van der Waals surface area contributed by atoms with Crippen molar-refractivity contribution in [2.24, 2.45) is 0 Å². The number of allylic oxidation sites excluding steroid dienone is 1. The molecule has 1 N–H and O–H groups in total. The van der Waals surface area contributed by atoms with Crippen LogP contribution in [0.2, 0.25) is 0 Å². The van der Waals surface area contributed by atoms with Gasteiger partial charge in [-0.1, -0.05) is 30.3 Å². The second kappa shape index (κ2) is 7.30. The molecule has 1 fully saturated rings. The fraction of sp³-hybridized carbons (Fsp3) is 0.250. The lowest BCUT2D eigenvalue weighted by Gasteiger charge is -2.16. The van der Waals surface area contributed by atoms with Crippen molar-refractivity contribution in [2.45, 2.75) is 19.4 Å². The van der Waals surface area contributed by atoms with Crippen molar-refractivity contribution in [3.05, 3.63) is 72.1 Å². The first kappa shape index (κ1) is 16.2. The standard InChI is InChI=1S/C20H21FN2O/c1-15(16-7-9-17(21)10-8-16)13-20(24)23-12-11-19(14-23)22-18-5-3-2-4-6-18/h2-10,13,19,22H,11-12,14H2,1H3/b15-13-. The third kappa shape index (κ3) is 4.02. The van der Waals surface area contributed by atoms with Crippen molar-refractivity contribution in [3.8, 4) is 0 Å². The molecule has 2 aromatic rings. The Bertz CT molecular complexity index is 725. The second-order valence-electron chi connectivity index (χ2n) is 6.11. The Balaban J connectivity index is 1.60. The minimum Gasteiger partial charge on any atom is -0.380 e. The molecule has 1 aliphatic rings. The summed E-state index contributed by atoms with van der Waals surface area (Å²) in [5, 5.41) is 3.46. The van der Waals surface area contributed by atoms with Crippen LogP contribution in [-0.2, 0) is 4.79 Å². The van der Waals surface area contributed by atoms with Gasteiger partial charge in [-0.3, -0.25) is 4.79 Å². The highest BCUT2D eigenvalue weighted by Crippen LogP contribution is 2.18. The first-order chi connectivity index (χ1) is 11.6. The molecule has 124 valence electrons. The zero-order chi connectivity index (χ0) is 16.9. The molecule has 1 aliphatic heterocycles. The summed E-state index contributed by atoms with van der Waals surface area (Å²) in [7, 11) is 0. The summed E-state index contributed by atoms with van der Waals surface area (Å²) in [5.74, 6) is -0.263. The molecule has 0 radical (unpaired) electrons. The van der Waals surface area contributed by atoms with E-state index in [0.29, 0.717) is 6.54 Å². The second-order valence-corrected chi connectivity index (χ2v) is 6.11. The van der Waals surface area contributed by atoms with Gasteiger partial charge in [0.05, 0.1) is 0 Å². The molecular weight excluding hydrogens is 303 g/mol. The number of halogens is 1. The average molecular weight is 324 g/mol. The maximum atomic E-state index is 13.0. The summed E-state index contributed by atoms with van der Waals surface area (Å²) < 4.78 is 13.0. The summed E-state index contributed by atoms with van der Waals surface area (Å²) in [6, 6.07) is 16.5. The summed E-state index contributed by atoms with van der Waals surface area (Å²) in [4.78, 5) is 14.3. The molecule has 1 saturated heterocycles. The number of nitrogens with one attached hydrogen (secondary N) is 1. The topological polar surface area (TPSA) is 32.3 Å². The van der Waals surface area contributed by atoms with E-state index in [1.54, 1.807) is 18.2 Å². The van der Waals surface area contributed by atoms with Gasteiger partial charge in [0, 0.05) is 30.9 Å². The molecular formula is C20H21FN2O. The summed E-state index contributed by atoms with van der Waals surface area (Å²) in [6.07, 6.45) is 2.57. The van der Waals surface area contributed by atoms with Crippen LogP contribution in [0.1, 0.15) is 18.9 Å². The van der Waals surface area contributed by atoms with E-state index >= 15 is 0 Å². The average Bonchev–Trinajstić information content (AvgIpc) is 3.05. The van der Waals surface area contributed by atoms with E-state index in [-0.39, 0.29) is 17.8 Å². The van der Waals surface area contributed by atoms with Crippen molar-refractivity contribution in [1.82, 2.24) is 4.90 Å². The Morgan fingerprint density at radius 1 is 1.17 bits per heavy atom. The molecule has 0 saturated carbocycles. The SMILES string of the molecule is C/C(=C/C(=O)N1CCC(Nc2ccccc2)C1)c1ccc(F)cc1. The molecule has 2 aromatic carbocycles. The van der Waals surface area contributed by atoms with Gasteiger partial charge in [0.2, 0.25) is 5.91 Å². The first-order valence-corrected chi connectivity index (χ1v) is 8.16. The van der Waals surface area contributed by atoms with Crippen LogP contribution < -0.4 is 5.32 Å². The number of amides is 1. The van der Waals surface area contributed by atoms with Crippen LogP contribution in [0.15, 0.2) is 60.7 Å². The Kier molecular flexibility index (Phi) is 4.94. The van der Waals surface area contributed by atoms with Gasteiger partial charge >= 0.3 is 0 Å². The van der Waals surface area contributed by atoms with Crippen LogP contribution >= 0.6 is 0 Å². The number of para-hydroxylation sites is 1. The monoisotopic (exact) mass is 324 g/mol. The van der Waals surface area contributed by atoms with E-state index in [0.717, 1.165) is 29.8 Å². The van der Waals surface area contributed by atoms with Gasteiger partial charge in [-0.15, -0.1) is 0 Å². The van der Waals surface area contributed by atoms with Crippen molar-refractivity contribution in [1.29, 1.82) is 0 Å². The van der Waals surface area contributed by atoms with Gasteiger partial charge < -0.3 is 10.2 Å². The van der Waals surface area contributed by atoms with Crippen LogP contribution in [0, 0.1) is 5.82 Å². The molecule has 3 rings (SSSR count). The van der Waals surface area contributed by atoms with Crippen LogP contribution in [0.4, 0.5) is 10.1 Å². The molecule has 0 bridgehead atoms. The summed E-state index contributed by atoms with van der Waals surface area (Å²) >= 11 is 0. The minimum atomic E-state index is -0.271. The Hall–Kier alpha value is -2.62. The van der Waals surface area contributed by atoms with Crippen LogP contribution in [0.3, 0.4) is 0 Å². The summed E-state index contributed by atoms with van der Waals surface area (Å²) in [5.41, 5.74) is 2.79. The lowest BCUT2D eigenvalue weighted by molar-refractivity contribution is -0.124. The molecule has 1 amide bonds. The van der Waals surface area contributed by atoms with Crippen LogP contribution in [0.5, 0.6) is 0 Å². The number of likely N-dealkylation sites (tertiary alicyclic amines) is 1. The maximum Gasteiger partial charge on any atom is 0.246 e. The van der Waals surface area contributed by atoms with Crippen molar-refractivity contribution >= 4 is 17.2 Å². The van der Waals surface area contributed by atoms with Gasteiger partial charge in [-0.2, -0.15) is 0 Å². The molecule has 3 nitrogen and oxygen atoms in total. The number of carbonyl (C=O) groups is 1. The third-order valence-corrected chi connectivity index (χ3v) is 4.28. The Morgan fingerprint density at radius 3 is 2.58 bits per heavy atom. The molecule has 0 spiro atoms. The van der Waals surface area contributed by atoms with Crippen molar-refractivity contribution in [2.75, 3.05) is 18.4 Å². The van der Waals surface area contributed by atoms with E-state index in [2.05, 4.69) is 5.32 Å². The van der Waals surface area contributed by atoms with Gasteiger partial charge in [-0.25, -0.2) is 4.39 Å². The Morgan fingerprint density at radius 2 is 1.88 bits per heavy atom. The molecule has 0 aliphatic carbocycles. The largest absolute Gasteiger partial charge is 0.380 e. The molecule has 24 heavy (non-hydrogen) atoms. The highest BCUT2D eigenvalue weighted by molar-refractivity contribution is 5.95. The fourth-order valence-electron chi connectivity index (χ4n) is 2.92. The van der Waals surface area contributed by atoms with E-state index in [9.17, 15) is 9.18 Å². The quantitative estimate of drug-likeness (QED) is 0.864. The highest BCUT2D eigenvalue weighted by atomic mass is 19.1. The number of hydrogen-bond donors (Lipinski definition) is 1. The number of benzene rings is 2. The normalized spacial score (nSPS) is 17.8. The molecule has 1 heterocycles. The molecule has 1 unspecified atom stereocenters. The lowest BCUT2D eigenvalue weighted by Crippen LogP contribution is -2.30. The van der Waals surface area contributed by atoms with Gasteiger partial charge in [-0.05, 0) is 48.7 Å². The first-order valence-electron chi connectivity index (χ1n) is 8.16. The van der Waals surface area contributed by atoms with Crippen molar-refractivity contribution < 1.29 is 9.18 Å². The lowest BCUT2D eigenvalue weighted by atomic mass is 10.1. The molecule has 4 heteroatoms. The molecule has 1 atom stereocenters.